The number of likely N-dealkylation sites (N-methyl/N-ethyl adjacent to an activating group) is 1. The third-order valence-electron chi connectivity index (χ3n) is 5.35. The lowest BCUT2D eigenvalue weighted by molar-refractivity contribution is 0.127. The van der Waals surface area contributed by atoms with E-state index in [4.69, 9.17) is 27.6 Å². The van der Waals surface area contributed by atoms with Crippen molar-refractivity contribution in [1.82, 2.24) is 24.4 Å². The Morgan fingerprint density at radius 3 is 2.63 bits per heavy atom. The molecule has 0 aliphatic carbocycles. The van der Waals surface area contributed by atoms with Gasteiger partial charge in [0.2, 0.25) is 16.7 Å². The molecule has 0 amide bonds. The van der Waals surface area contributed by atoms with Crippen LogP contribution in [0.15, 0.2) is 41.0 Å². The molecule has 0 saturated carbocycles. The SMILES string of the molecule is CN1CCN([C@H](c2ccc(Cl)cc2Cl)c2sc3nc(-c4ccco4)nn3c2O)CC1. The van der Waals surface area contributed by atoms with E-state index in [0.717, 1.165) is 36.6 Å². The molecule has 1 N–H and O–H groups in total. The van der Waals surface area contributed by atoms with Gasteiger partial charge in [0.25, 0.3) is 0 Å². The summed E-state index contributed by atoms with van der Waals surface area (Å²) in [6, 6.07) is 8.85. The minimum Gasteiger partial charge on any atom is -0.492 e. The summed E-state index contributed by atoms with van der Waals surface area (Å²) in [4.78, 5) is 10.5. The fourth-order valence-electron chi connectivity index (χ4n) is 3.75. The van der Waals surface area contributed by atoms with Crippen LogP contribution in [0.1, 0.15) is 16.5 Å². The Labute approximate surface area is 187 Å². The molecule has 156 valence electrons. The van der Waals surface area contributed by atoms with Gasteiger partial charge in [-0.3, -0.25) is 4.90 Å². The molecule has 3 aromatic heterocycles. The zero-order valence-corrected chi connectivity index (χ0v) is 18.5. The maximum atomic E-state index is 11.1. The first kappa shape index (κ1) is 19.8. The lowest BCUT2D eigenvalue weighted by atomic mass is 10.0. The van der Waals surface area contributed by atoms with Crippen molar-refractivity contribution in [1.29, 1.82) is 0 Å². The van der Waals surface area contributed by atoms with Crippen LogP contribution in [-0.2, 0) is 0 Å². The molecule has 1 aliphatic rings. The summed E-state index contributed by atoms with van der Waals surface area (Å²) in [6.45, 7) is 3.58. The molecule has 0 unspecified atom stereocenters. The molecule has 1 aliphatic heterocycles. The minimum absolute atomic E-state index is 0.0650. The molecule has 1 saturated heterocycles. The maximum Gasteiger partial charge on any atom is 0.230 e. The van der Waals surface area contributed by atoms with Gasteiger partial charge in [-0.25, -0.2) is 0 Å². The highest BCUT2D eigenvalue weighted by Gasteiger charge is 2.32. The highest BCUT2D eigenvalue weighted by molar-refractivity contribution is 7.17. The van der Waals surface area contributed by atoms with Crippen molar-refractivity contribution in [3.05, 3.63) is 57.1 Å². The number of piperazine rings is 1. The average Bonchev–Trinajstić information content (AvgIpc) is 3.44. The van der Waals surface area contributed by atoms with Crippen LogP contribution in [0, 0.1) is 0 Å². The van der Waals surface area contributed by atoms with E-state index in [9.17, 15) is 5.11 Å². The van der Waals surface area contributed by atoms with Crippen molar-refractivity contribution >= 4 is 39.5 Å². The quantitative estimate of drug-likeness (QED) is 0.483. The Morgan fingerprint density at radius 1 is 1.17 bits per heavy atom. The maximum absolute atomic E-state index is 11.1. The van der Waals surface area contributed by atoms with E-state index in [2.05, 4.69) is 26.9 Å². The Morgan fingerprint density at radius 2 is 1.97 bits per heavy atom. The van der Waals surface area contributed by atoms with Crippen LogP contribution >= 0.6 is 34.5 Å². The molecule has 0 bridgehead atoms. The van der Waals surface area contributed by atoms with Gasteiger partial charge in [-0.15, -0.1) is 5.10 Å². The number of nitrogens with zero attached hydrogens (tertiary/aromatic N) is 5. The highest BCUT2D eigenvalue weighted by atomic mass is 35.5. The standard InChI is InChI=1S/C20H19Cl2N5O2S/c1-25-6-8-26(9-7-25)16(13-5-4-12(21)11-14(13)22)17-19(28)27-20(30-17)23-18(24-27)15-3-2-10-29-15/h2-5,10-11,16,28H,6-9H2,1H3/t16-/m1/s1. The first-order valence-electron chi connectivity index (χ1n) is 9.51. The molecule has 1 aromatic carbocycles. The molecule has 0 spiro atoms. The van der Waals surface area contributed by atoms with Crippen molar-refractivity contribution in [3.8, 4) is 17.5 Å². The normalized spacial score (nSPS) is 17.0. The number of benzene rings is 1. The monoisotopic (exact) mass is 463 g/mol. The van der Waals surface area contributed by atoms with Gasteiger partial charge in [-0.1, -0.05) is 40.6 Å². The van der Waals surface area contributed by atoms with E-state index in [1.54, 1.807) is 24.5 Å². The molecular formula is C20H19Cl2N5O2S. The van der Waals surface area contributed by atoms with Crippen LogP contribution in [0.5, 0.6) is 5.88 Å². The summed E-state index contributed by atoms with van der Waals surface area (Å²) in [5.41, 5.74) is 0.900. The first-order chi connectivity index (χ1) is 14.5. The smallest absolute Gasteiger partial charge is 0.230 e. The molecule has 4 aromatic rings. The van der Waals surface area contributed by atoms with E-state index in [0.29, 0.717) is 26.6 Å². The van der Waals surface area contributed by atoms with Crippen LogP contribution in [-0.4, -0.2) is 62.7 Å². The highest BCUT2D eigenvalue weighted by Crippen LogP contribution is 2.43. The minimum atomic E-state index is -0.218. The van der Waals surface area contributed by atoms with Gasteiger partial charge in [0, 0.05) is 36.2 Å². The number of hydrogen-bond acceptors (Lipinski definition) is 7. The van der Waals surface area contributed by atoms with Crippen molar-refractivity contribution in [3.63, 3.8) is 0 Å². The molecule has 30 heavy (non-hydrogen) atoms. The third kappa shape index (κ3) is 3.48. The van der Waals surface area contributed by atoms with Gasteiger partial charge in [-0.2, -0.15) is 9.50 Å². The third-order valence-corrected chi connectivity index (χ3v) is 6.98. The second-order valence-corrected chi connectivity index (χ2v) is 9.16. The number of halogens is 2. The van der Waals surface area contributed by atoms with E-state index in [1.807, 2.05) is 12.1 Å². The zero-order valence-electron chi connectivity index (χ0n) is 16.1. The Balaban J connectivity index is 1.60. The summed E-state index contributed by atoms with van der Waals surface area (Å²) in [5.74, 6) is 1.06. The molecule has 7 nitrogen and oxygen atoms in total. The molecule has 4 heterocycles. The second kappa shape index (κ2) is 7.86. The number of hydrogen-bond donors (Lipinski definition) is 1. The molecular weight excluding hydrogens is 445 g/mol. The van der Waals surface area contributed by atoms with Gasteiger partial charge in [0.1, 0.15) is 0 Å². The summed E-state index contributed by atoms with van der Waals surface area (Å²) >= 11 is 14.1. The molecule has 0 radical (unpaired) electrons. The first-order valence-corrected chi connectivity index (χ1v) is 11.1. The van der Waals surface area contributed by atoms with E-state index < -0.39 is 0 Å². The van der Waals surface area contributed by atoms with Crippen LogP contribution < -0.4 is 0 Å². The fraction of sp³-hybridized carbons (Fsp3) is 0.300. The number of fused-ring (bicyclic) bond motifs is 1. The predicted octanol–water partition coefficient (Wildman–Crippen LogP) is 4.40. The van der Waals surface area contributed by atoms with Gasteiger partial charge >= 0.3 is 0 Å². The zero-order chi connectivity index (χ0) is 20.8. The van der Waals surface area contributed by atoms with Crippen LogP contribution in [0.25, 0.3) is 16.5 Å². The number of aromatic nitrogens is 3. The summed E-state index contributed by atoms with van der Waals surface area (Å²) in [5, 5.41) is 16.7. The number of rotatable bonds is 4. The number of furan rings is 1. The summed E-state index contributed by atoms with van der Waals surface area (Å²) in [6.07, 6.45) is 1.57. The van der Waals surface area contributed by atoms with E-state index in [1.165, 1.54) is 15.9 Å². The van der Waals surface area contributed by atoms with Crippen molar-refractivity contribution in [2.45, 2.75) is 6.04 Å². The molecule has 5 rings (SSSR count). The fourth-order valence-corrected chi connectivity index (χ4v) is 5.37. The van der Waals surface area contributed by atoms with E-state index in [-0.39, 0.29) is 11.9 Å². The van der Waals surface area contributed by atoms with Crippen molar-refractivity contribution < 1.29 is 9.52 Å². The van der Waals surface area contributed by atoms with E-state index >= 15 is 0 Å². The van der Waals surface area contributed by atoms with Crippen molar-refractivity contribution in [2.75, 3.05) is 33.2 Å². The Hall–Kier alpha value is -2.10. The number of aromatic hydroxyl groups is 1. The van der Waals surface area contributed by atoms with Crippen LogP contribution in [0.4, 0.5) is 0 Å². The van der Waals surface area contributed by atoms with Crippen molar-refractivity contribution in [2.24, 2.45) is 0 Å². The molecule has 1 fully saturated rings. The average molecular weight is 464 g/mol. The summed E-state index contributed by atoms with van der Waals surface area (Å²) < 4.78 is 6.84. The second-order valence-electron chi connectivity index (χ2n) is 7.30. The Kier molecular flexibility index (Phi) is 5.20. The Bertz CT molecular complexity index is 1180. The predicted molar refractivity (Wildman–Crippen MR) is 118 cm³/mol. The van der Waals surface area contributed by atoms with Gasteiger partial charge < -0.3 is 14.4 Å². The lowest BCUT2D eigenvalue weighted by Crippen LogP contribution is -2.46. The van der Waals surface area contributed by atoms with Crippen LogP contribution in [0.2, 0.25) is 10.0 Å². The van der Waals surface area contributed by atoms with Gasteiger partial charge in [0.15, 0.2) is 5.76 Å². The van der Waals surface area contributed by atoms with Gasteiger partial charge in [-0.05, 0) is 36.9 Å². The molecule has 10 heteroatoms. The van der Waals surface area contributed by atoms with Crippen LogP contribution in [0.3, 0.4) is 0 Å². The topological polar surface area (TPSA) is 70.0 Å². The number of thiazole rings is 1. The van der Waals surface area contributed by atoms with Gasteiger partial charge in [0.05, 0.1) is 17.2 Å². The summed E-state index contributed by atoms with van der Waals surface area (Å²) in [7, 11) is 2.11. The molecule has 1 atom stereocenters. The largest absolute Gasteiger partial charge is 0.492 e. The lowest BCUT2D eigenvalue weighted by Gasteiger charge is -2.38.